The van der Waals surface area contributed by atoms with Crippen LogP contribution in [-0.4, -0.2) is 122 Å². The summed E-state index contributed by atoms with van der Waals surface area (Å²) in [6.07, 6.45) is 11.9. The lowest BCUT2D eigenvalue weighted by Gasteiger charge is -2.62. The number of fused-ring (bicyclic) bond motifs is 9. The summed E-state index contributed by atoms with van der Waals surface area (Å²) in [4.78, 5) is 71.1. The molecule has 6 saturated heterocycles. The van der Waals surface area contributed by atoms with Crippen LogP contribution in [0.3, 0.4) is 0 Å². The molecule has 6 aliphatic heterocycles. The first-order chi connectivity index (χ1) is 48.8. The van der Waals surface area contributed by atoms with E-state index in [2.05, 4.69) is 93.2 Å². The average Bonchev–Trinajstić information content (AvgIpc) is 1.15. The highest BCUT2D eigenvalue weighted by atomic mass is 79.9. The maximum Gasteiger partial charge on any atom is 0.324 e. The second kappa shape index (κ2) is 30.2. The van der Waals surface area contributed by atoms with Crippen LogP contribution in [0.5, 0.6) is 0 Å². The van der Waals surface area contributed by atoms with Crippen LogP contribution in [0, 0.1) is 103 Å². The Labute approximate surface area is 607 Å². The molecular formula is C79H98BrF6N5O12. The van der Waals surface area contributed by atoms with E-state index < -0.39 is 53.8 Å². The van der Waals surface area contributed by atoms with Gasteiger partial charge in [0.05, 0.1) is 64.2 Å². The number of rotatable bonds is 11. The van der Waals surface area contributed by atoms with E-state index in [0.29, 0.717) is 86.1 Å². The van der Waals surface area contributed by atoms with Gasteiger partial charge in [0.15, 0.2) is 59.6 Å². The number of Topliss-reactive ketones (excluding diaryl/α,β-unsaturated/α-hetero) is 1. The Hall–Kier alpha value is -6.28. The lowest BCUT2D eigenvalue weighted by Crippen LogP contribution is -2.60. The molecule has 0 radical (unpaired) electrons. The van der Waals surface area contributed by atoms with Crippen molar-refractivity contribution in [2.75, 3.05) is 57.9 Å². The van der Waals surface area contributed by atoms with Crippen molar-refractivity contribution in [3.05, 3.63) is 143 Å². The number of halogens is 7. The van der Waals surface area contributed by atoms with Gasteiger partial charge in [-0.25, -0.2) is 35.9 Å². The van der Waals surface area contributed by atoms with Gasteiger partial charge in [0.25, 0.3) is 0 Å². The lowest BCUT2D eigenvalue weighted by molar-refractivity contribution is -0.307. The fraction of sp³-hybridized carbons (Fsp3) is 0.620. The Morgan fingerprint density at radius 1 is 0.447 bits per heavy atom. The number of benzene rings is 3. The lowest BCUT2D eigenvalue weighted by atomic mass is 9.46. The average molecular weight is 1500 g/mol. The molecule has 12 aliphatic rings. The Balaban J connectivity index is 0.000000139. The van der Waals surface area contributed by atoms with Gasteiger partial charge >= 0.3 is 12.1 Å². The standard InChI is InChI=1S/2C26H32F2N2O4.C23H29BrF2O2.C4H5NO2/c2*1-15-4-7-20-25(2,17(15)9-11-30-22(31)13-29-24(30)32)10-8-21-26(20,3)14-33-23(34-21)16-5-6-18(27)19(28)12-16;1-14-4-7-19-22(2,16(14)9-11-24)10-8-20-23(19,3)13-27-21(28-20)15-5-6-17(25)18(26)12-15;6-3-1-4(7)5-2-3/h2*5-6,12,17,20-21,23H,1,4,7-11,13-14H2,2-3H3,(H,29,32);5-6,12,16,19-21H,1,4,7-11,13H2,2-3H3;1-2H2,(H,5,7)/t2*17-,20?,21-,23-,25+,26+;16-,19?,20-,21-,22+,23+;/m111./s1. The zero-order valence-electron chi connectivity index (χ0n) is 59.9. The number of nitrogens with zero attached hydrogens (tertiary/aromatic N) is 2. The second-order valence-electron chi connectivity index (χ2n) is 32.3. The highest BCUT2D eigenvalue weighted by Gasteiger charge is 2.64. The van der Waals surface area contributed by atoms with E-state index in [4.69, 9.17) is 28.4 Å². The Morgan fingerprint density at radius 3 is 1.04 bits per heavy atom. The van der Waals surface area contributed by atoms with E-state index in [-0.39, 0.29) is 124 Å². The zero-order valence-corrected chi connectivity index (χ0v) is 61.4. The molecule has 103 heavy (non-hydrogen) atoms. The number of carbonyl (C=O) groups is 6. The molecule has 6 heterocycles. The van der Waals surface area contributed by atoms with Crippen LogP contribution < -0.4 is 16.0 Å². The van der Waals surface area contributed by atoms with Gasteiger partial charge in [-0.1, -0.05) is 112 Å². The summed E-state index contributed by atoms with van der Waals surface area (Å²) in [6.45, 7) is 29.6. The van der Waals surface area contributed by atoms with E-state index in [1.165, 1.54) is 44.7 Å². The molecule has 0 aromatic heterocycles. The molecule has 6 saturated carbocycles. The molecule has 560 valence electrons. The topological polar surface area (TPSA) is 200 Å². The summed E-state index contributed by atoms with van der Waals surface area (Å²) in [6, 6.07) is 10.8. The predicted octanol–water partition coefficient (Wildman–Crippen LogP) is 15.0. The normalized spacial score (nSPS) is 37.4. The molecule has 3 N–H and O–H groups in total. The van der Waals surface area contributed by atoms with Crippen molar-refractivity contribution >= 4 is 51.5 Å². The maximum absolute atomic E-state index is 13.8. The molecule has 0 bridgehead atoms. The third-order valence-corrected chi connectivity index (χ3v) is 26.9. The first kappa shape index (κ1) is 76.4. The molecule has 6 aliphatic carbocycles. The molecule has 0 spiro atoms. The number of ether oxygens (including phenoxy) is 6. The smallest absolute Gasteiger partial charge is 0.324 e. The minimum absolute atomic E-state index is 0.00926. The first-order valence-corrected chi connectivity index (χ1v) is 37.7. The summed E-state index contributed by atoms with van der Waals surface area (Å²) in [5, 5.41) is 8.55. The predicted molar refractivity (Wildman–Crippen MR) is 373 cm³/mol. The number of ketones is 1. The van der Waals surface area contributed by atoms with Gasteiger partial charge in [-0.15, -0.1) is 0 Å². The van der Waals surface area contributed by atoms with E-state index >= 15 is 0 Å². The van der Waals surface area contributed by atoms with Crippen molar-refractivity contribution in [2.45, 2.75) is 181 Å². The van der Waals surface area contributed by atoms with Crippen LogP contribution in [0.15, 0.2) is 91.1 Å². The molecule has 3 unspecified atom stereocenters. The number of hydrogen-bond donors (Lipinski definition) is 3. The Morgan fingerprint density at radius 2 is 0.777 bits per heavy atom. The fourth-order valence-corrected chi connectivity index (χ4v) is 21.5. The van der Waals surface area contributed by atoms with E-state index in [1.54, 1.807) is 6.07 Å². The van der Waals surface area contributed by atoms with Gasteiger partial charge in [0.1, 0.15) is 0 Å². The summed E-state index contributed by atoms with van der Waals surface area (Å²) in [5.41, 5.74) is 4.82. The van der Waals surface area contributed by atoms with Crippen molar-refractivity contribution in [3.63, 3.8) is 0 Å². The maximum atomic E-state index is 13.8. The van der Waals surface area contributed by atoms with Gasteiger partial charge in [0, 0.05) is 51.4 Å². The van der Waals surface area contributed by atoms with Crippen LogP contribution in [0.1, 0.15) is 180 Å². The SMILES string of the molecule is C=C1CCC2[C@]3(C)CO[C@@H](c4ccc(F)c(F)c4)O[C@@H]3CC[C@@]2(C)[C@@H]1CCBr.C=C1CCC2[C@]3(C)CO[C@@H](c4ccc(F)c(F)c4)O[C@@H]3CC[C@@]2(C)[C@@H]1CCN1C(=O)CNC1=O.C=C1CCC2[C@]3(C)CO[C@@H](c4ccc(F)c(F)c4)O[C@@H]3CC[C@@]2(C)[C@@H]1CCN1C(=O)CNC1=O.O=C1CNC(=O)C1. The molecular weight excluding hydrogens is 1400 g/mol. The number of nitrogens with one attached hydrogen (secondary N) is 3. The number of urea groups is 2. The minimum atomic E-state index is -0.909. The molecule has 15 rings (SSSR count). The summed E-state index contributed by atoms with van der Waals surface area (Å²) >= 11 is 3.63. The molecule has 3 aromatic rings. The first-order valence-electron chi connectivity index (χ1n) is 36.5. The highest BCUT2D eigenvalue weighted by molar-refractivity contribution is 9.09. The van der Waals surface area contributed by atoms with Crippen LogP contribution in [-0.2, 0) is 47.6 Å². The van der Waals surface area contributed by atoms with Crippen LogP contribution in [0.25, 0.3) is 0 Å². The number of amides is 7. The Bertz CT molecular complexity index is 3620. The molecule has 18 atom stereocenters. The van der Waals surface area contributed by atoms with E-state index in [0.717, 1.165) is 119 Å². The quantitative estimate of drug-likeness (QED) is 0.0540. The summed E-state index contributed by atoms with van der Waals surface area (Å²) in [5.74, 6) is -3.81. The summed E-state index contributed by atoms with van der Waals surface area (Å²) < 4.78 is 119. The number of imide groups is 2. The van der Waals surface area contributed by atoms with Crippen molar-refractivity contribution in [1.82, 2.24) is 25.8 Å². The van der Waals surface area contributed by atoms with Crippen molar-refractivity contribution in [2.24, 2.45) is 68.0 Å². The van der Waals surface area contributed by atoms with Gasteiger partial charge in [-0.3, -0.25) is 29.0 Å². The van der Waals surface area contributed by atoms with E-state index in [1.807, 2.05) is 0 Å². The third-order valence-electron chi connectivity index (χ3n) is 26.5. The molecule has 24 heteroatoms. The number of alkyl halides is 1. The van der Waals surface area contributed by atoms with Crippen LogP contribution in [0.4, 0.5) is 35.9 Å². The van der Waals surface area contributed by atoms with Crippen molar-refractivity contribution < 1.29 is 83.5 Å². The fourth-order valence-electron chi connectivity index (χ4n) is 21.1. The monoisotopic (exact) mass is 1500 g/mol. The number of allylic oxidation sites excluding steroid dienone is 3. The molecule has 12 fully saturated rings. The van der Waals surface area contributed by atoms with Gasteiger partial charge < -0.3 is 44.4 Å². The van der Waals surface area contributed by atoms with Crippen molar-refractivity contribution in [3.8, 4) is 0 Å². The number of hydrogen-bond acceptors (Lipinski definition) is 12. The largest absolute Gasteiger partial charge is 0.349 e. The molecule has 17 nitrogen and oxygen atoms in total. The van der Waals surface area contributed by atoms with Crippen LogP contribution >= 0.6 is 15.9 Å². The van der Waals surface area contributed by atoms with E-state index in [9.17, 15) is 55.1 Å². The van der Waals surface area contributed by atoms with Crippen LogP contribution in [0.2, 0.25) is 0 Å². The third kappa shape index (κ3) is 14.6. The van der Waals surface area contributed by atoms with Gasteiger partial charge in [-0.05, 0) is 184 Å². The minimum Gasteiger partial charge on any atom is -0.349 e. The molecule has 7 amide bonds. The van der Waals surface area contributed by atoms with Gasteiger partial charge in [-0.2, -0.15) is 0 Å². The van der Waals surface area contributed by atoms with Gasteiger partial charge in [0.2, 0.25) is 17.7 Å². The molecule has 3 aromatic carbocycles. The Kier molecular flexibility index (Phi) is 22.4. The highest BCUT2D eigenvalue weighted by Crippen LogP contribution is 2.67. The zero-order chi connectivity index (χ0) is 73.9. The second-order valence-corrected chi connectivity index (χ2v) is 33.1. The van der Waals surface area contributed by atoms with Crippen molar-refractivity contribution in [1.29, 1.82) is 0 Å². The number of carbonyl (C=O) groups excluding carboxylic acids is 6. The summed E-state index contributed by atoms with van der Waals surface area (Å²) in [7, 11) is 0.